The van der Waals surface area contributed by atoms with Crippen molar-refractivity contribution in [3.63, 3.8) is 0 Å². The predicted molar refractivity (Wildman–Crippen MR) is 68.5 cm³/mol. The molecule has 0 aliphatic heterocycles. The van der Waals surface area contributed by atoms with Gasteiger partial charge in [-0.2, -0.15) is 0 Å². The van der Waals surface area contributed by atoms with Crippen LogP contribution in [0.1, 0.15) is 24.2 Å². The number of carboxylic acid groups (broad SMARTS) is 1. The van der Waals surface area contributed by atoms with Crippen LogP contribution in [0, 0.1) is 0 Å². The maximum absolute atomic E-state index is 11.0. The van der Waals surface area contributed by atoms with Gasteiger partial charge in [-0.3, -0.25) is 0 Å². The third-order valence-electron chi connectivity index (χ3n) is 2.09. The highest BCUT2D eigenvalue weighted by molar-refractivity contribution is 9.10. The summed E-state index contributed by atoms with van der Waals surface area (Å²) in [5.74, 6) is -0.655. The van der Waals surface area contributed by atoms with E-state index in [4.69, 9.17) is 9.84 Å². The molecule has 0 radical (unpaired) electrons. The second-order valence-corrected chi connectivity index (χ2v) is 4.42. The van der Waals surface area contributed by atoms with Gasteiger partial charge in [-0.1, -0.05) is 0 Å². The number of pyridine rings is 1. The molecule has 6 heteroatoms. The summed E-state index contributed by atoms with van der Waals surface area (Å²) >= 11 is 3.19. The summed E-state index contributed by atoms with van der Waals surface area (Å²) in [6.07, 6.45) is 1.56. The number of aromatic nitrogens is 1. The van der Waals surface area contributed by atoms with Gasteiger partial charge in [0.25, 0.3) is 0 Å². The number of nitrogens with one attached hydrogen (secondary N) is 1. The minimum atomic E-state index is -1.01. The molecule has 0 fully saturated rings. The number of rotatable bonds is 6. The van der Waals surface area contributed by atoms with E-state index in [2.05, 4.69) is 26.2 Å². The van der Waals surface area contributed by atoms with Crippen LogP contribution in [-0.2, 0) is 4.74 Å². The van der Waals surface area contributed by atoms with Crippen LogP contribution in [0.15, 0.2) is 16.7 Å². The predicted octanol–water partition coefficient (Wildman–Crippen LogP) is 2.38. The first kappa shape index (κ1) is 13.9. The lowest BCUT2D eigenvalue weighted by atomic mass is 10.2. The van der Waals surface area contributed by atoms with Crippen LogP contribution >= 0.6 is 15.9 Å². The van der Waals surface area contributed by atoms with E-state index in [1.807, 2.05) is 13.8 Å². The van der Waals surface area contributed by atoms with Crippen LogP contribution in [-0.4, -0.2) is 35.3 Å². The Hall–Kier alpha value is -1.14. The summed E-state index contributed by atoms with van der Waals surface area (Å²) < 4.78 is 5.98. The quantitative estimate of drug-likeness (QED) is 0.844. The monoisotopic (exact) mass is 302 g/mol. The first-order valence-corrected chi connectivity index (χ1v) is 6.08. The molecule has 1 rings (SSSR count). The number of carbonyl (C=O) groups is 1. The van der Waals surface area contributed by atoms with Crippen molar-refractivity contribution in [3.05, 3.63) is 22.3 Å². The van der Waals surface area contributed by atoms with Crippen LogP contribution in [0.5, 0.6) is 0 Å². The lowest BCUT2D eigenvalue weighted by Gasteiger charge is -2.14. The molecule has 0 amide bonds. The number of nitrogens with zero attached hydrogens (tertiary/aromatic N) is 1. The maximum Gasteiger partial charge on any atom is 0.339 e. The van der Waals surface area contributed by atoms with Gasteiger partial charge in [0.1, 0.15) is 11.4 Å². The zero-order chi connectivity index (χ0) is 12.8. The van der Waals surface area contributed by atoms with Gasteiger partial charge in [0, 0.05) is 23.8 Å². The molecular formula is C11H15BrN2O3. The summed E-state index contributed by atoms with van der Waals surface area (Å²) in [7, 11) is 0. The first-order chi connectivity index (χ1) is 8.04. The standard InChI is InChI=1S/C11H15BrN2O3/c1-3-17-7(2)5-13-10-9(11(15)16)4-8(12)6-14-10/h4,6-7H,3,5H2,1-2H3,(H,13,14)(H,15,16). The second-order valence-electron chi connectivity index (χ2n) is 3.50. The molecule has 0 saturated heterocycles. The van der Waals surface area contributed by atoms with Gasteiger partial charge in [0.05, 0.1) is 6.10 Å². The fourth-order valence-corrected chi connectivity index (χ4v) is 1.66. The summed E-state index contributed by atoms with van der Waals surface area (Å²) in [4.78, 5) is 15.0. The third kappa shape index (κ3) is 4.32. The van der Waals surface area contributed by atoms with E-state index in [1.165, 1.54) is 6.07 Å². The molecule has 1 unspecified atom stereocenters. The van der Waals surface area contributed by atoms with Gasteiger partial charge in [0.15, 0.2) is 0 Å². The van der Waals surface area contributed by atoms with Crippen molar-refractivity contribution < 1.29 is 14.6 Å². The van der Waals surface area contributed by atoms with E-state index < -0.39 is 5.97 Å². The largest absolute Gasteiger partial charge is 0.478 e. The maximum atomic E-state index is 11.0. The Morgan fingerprint density at radius 3 is 3.00 bits per heavy atom. The Morgan fingerprint density at radius 2 is 2.41 bits per heavy atom. The summed E-state index contributed by atoms with van der Waals surface area (Å²) in [5, 5.41) is 12.0. The molecule has 0 spiro atoms. The first-order valence-electron chi connectivity index (χ1n) is 5.29. The molecule has 1 aromatic heterocycles. The fraction of sp³-hybridized carbons (Fsp3) is 0.455. The number of aromatic carboxylic acids is 1. The fourth-order valence-electron chi connectivity index (χ4n) is 1.33. The molecule has 0 aliphatic carbocycles. The van der Waals surface area contributed by atoms with Crippen LogP contribution < -0.4 is 5.32 Å². The lowest BCUT2D eigenvalue weighted by Crippen LogP contribution is -2.21. The zero-order valence-electron chi connectivity index (χ0n) is 9.74. The second kappa shape index (κ2) is 6.56. The molecule has 2 N–H and O–H groups in total. The van der Waals surface area contributed by atoms with Crippen molar-refractivity contribution in [2.24, 2.45) is 0 Å². The Morgan fingerprint density at radius 1 is 1.71 bits per heavy atom. The van der Waals surface area contributed by atoms with Gasteiger partial charge in [-0.15, -0.1) is 0 Å². The molecule has 0 aromatic carbocycles. The van der Waals surface area contributed by atoms with Gasteiger partial charge in [-0.25, -0.2) is 9.78 Å². The van der Waals surface area contributed by atoms with Crippen molar-refractivity contribution in [1.82, 2.24) is 4.98 Å². The van der Waals surface area contributed by atoms with Gasteiger partial charge >= 0.3 is 5.97 Å². The lowest BCUT2D eigenvalue weighted by molar-refractivity contribution is 0.0696. The van der Waals surface area contributed by atoms with Gasteiger partial charge in [-0.05, 0) is 35.8 Å². The minimum Gasteiger partial charge on any atom is -0.478 e. The Balaban J connectivity index is 2.73. The molecule has 1 heterocycles. The molecule has 0 saturated carbocycles. The third-order valence-corrected chi connectivity index (χ3v) is 2.53. The van der Waals surface area contributed by atoms with E-state index in [1.54, 1.807) is 6.20 Å². The van der Waals surface area contributed by atoms with E-state index in [9.17, 15) is 4.79 Å². The average Bonchev–Trinajstić information content (AvgIpc) is 2.27. The van der Waals surface area contributed by atoms with E-state index in [0.29, 0.717) is 23.4 Å². The van der Waals surface area contributed by atoms with Crippen molar-refractivity contribution in [2.75, 3.05) is 18.5 Å². The molecule has 1 atom stereocenters. The summed E-state index contributed by atoms with van der Waals surface area (Å²) in [6.45, 7) is 4.97. The normalized spacial score (nSPS) is 12.2. The Bertz CT molecular complexity index is 398. The Labute approximate surface area is 108 Å². The number of anilines is 1. The van der Waals surface area contributed by atoms with Gasteiger partial charge in [0.2, 0.25) is 0 Å². The van der Waals surface area contributed by atoms with Crippen molar-refractivity contribution in [3.8, 4) is 0 Å². The average molecular weight is 303 g/mol. The smallest absolute Gasteiger partial charge is 0.339 e. The highest BCUT2D eigenvalue weighted by atomic mass is 79.9. The topological polar surface area (TPSA) is 71.5 Å². The van der Waals surface area contributed by atoms with Crippen molar-refractivity contribution in [1.29, 1.82) is 0 Å². The molecule has 1 aromatic rings. The van der Waals surface area contributed by atoms with Crippen LogP contribution in [0.4, 0.5) is 5.82 Å². The number of ether oxygens (including phenoxy) is 1. The molecule has 5 nitrogen and oxygen atoms in total. The van der Waals surface area contributed by atoms with Crippen LogP contribution in [0.2, 0.25) is 0 Å². The Kier molecular flexibility index (Phi) is 5.37. The van der Waals surface area contributed by atoms with E-state index in [-0.39, 0.29) is 11.7 Å². The van der Waals surface area contributed by atoms with Gasteiger partial charge < -0.3 is 15.2 Å². The number of carboxylic acids is 1. The van der Waals surface area contributed by atoms with Crippen molar-refractivity contribution in [2.45, 2.75) is 20.0 Å². The molecule has 0 bridgehead atoms. The molecule has 17 heavy (non-hydrogen) atoms. The van der Waals surface area contributed by atoms with Crippen molar-refractivity contribution >= 4 is 27.7 Å². The summed E-state index contributed by atoms with van der Waals surface area (Å²) in [5.41, 5.74) is 0.142. The molecule has 0 aliphatic rings. The highest BCUT2D eigenvalue weighted by Crippen LogP contribution is 2.18. The number of halogens is 1. The van der Waals surface area contributed by atoms with Crippen LogP contribution in [0.3, 0.4) is 0 Å². The van der Waals surface area contributed by atoms with Crippen LogP contribution in [0.25, 0.3) is 0 Å². The molecular weight excluding hydrogens is 288 g/mol. The molecule has 94 valence electrons. The number of hydrogen-bond donors (Lipinski definition) is 2. The van der Waals surface area contributed by atoms with E-state index in [0.717, 1.165) is 0 Å². The summed E-state index contributed by atoms with van der Waals surface area (Å²) in [6, 6.07) is 1.52. The highest BCUT2D eigenvalue weighted by Gasteiger charge is 2.12. The zero-order valence-corrected chi connectivity index (χ0v) is 11.3. The SMILES string of the molecule is CCOC(C)CNc1ncc(Br)cc1C(=O)O. The number of hydrogen-bond acceptors (Lipinski definition) is 4. The minimum absolute atomic E-state index is 0.00657. The van der Waals surface area contributed by atoms with E-state index >= 15 is 0 Å².